The van der Waals surface area contributed by atoms with Gasteiger partial charge in [0.1, 0.15) is 0 Å². The molecule has 0 saturated heterocycles. The highest BCUT2D eigenvalue weighted by Gasteiger charge is 2.21. The van der Waals surface area contributed by atoms with Crippen LogP contribution in [0.25, 0.3) is 0 Å². The van der Waals surface area contributed by atoms with Gasteiger partial charge >= 0.3 is 11.9 Å². The van der Waals surface area contributed by atoms with Gasteiger partial charge in [-0.05, 0) is 19.3 Å². The first-order chi connectivity index (χ1) is 6.91. The van der Waals surface area contributed by atoms with Crippen molar-refractivity contribution in [1.29, 1.82) is 0 Å². The van der Waals surface area contributed by atoms with Gasteiger partial charge < -0.3 is 10.2 Å². The lowest BCUT2D eigenvalue weighted by molar-refractivity contribution is -0.136. The summed E-state index contributed by atoms with van der Waals surface area (Å²) in [5.74, 6) is -2.63. The van der Waals surface area contributed by atoms with Crippen molar-refractivity contribution < 1.29 is 19.8 Å². The van der Waals surface area contributed by atoms with E-state index in [0.717, 1.165) is 0 Å². The monoisotopic (exact) mass is 212 g/mol. The molecule has 0 amide bonds. The van der Waals surface area contributed by atoms with Crippen molar-refractivity contribution in [2.75, 3.05) is 0 Å². The largest absolute Gasteiger partial charge is 0.478 e. The molecule has 0 atom stereocenters. The van der Waals surface area contributed by atoms with Gasteiger partial charge in [-0.3, -0.25) is 0 Å². The minimum Gasteiger partial charge on any atom is -0.478 e. The molecule has 4 heteroatoms. The molecule has 0 aromatic carbocycles. The summed E-state index contributed by atoms with van der Waals surface area (Å²) < 4.78 is 0. The minimum absolute atomic E-state index is 0.0272. The molecule has 0 radical (unpaired) electrons. The zero-order valence-corrected chi connectivity index (χ0v) is 9.15. The summed E-state index contributed by atoms with van der Waals surface area (Å²) in [7, 11) is 0. The zero-order valence-electron chi connectivity index (χ0n) is 9.15. The summed E-state index contributed by atoms with van der Waals surface area (Å²) in [6, 6.07) is 0. The fourth-order valence-corrected chi connectivity index (χ4v) is 1.27. The third kappa shape index (κ3) is 3.97. The lowest BCUT2D eigenvalue weighted by Crippen LogP contribution is -2.15. The van der Waals surface area contributed by atoms with Crippen molar-refractivity contribution in [2.45, 2.75) is 27.2 Å². The van der Waals surface area contributed by atoms with Gasteiger partial charge in [0.15, 0.2) is 0 Å². The van der Waals surface area contributed by atoms with Crippen LogP contribution < -0.4 is 0 Å². The third-order valence-corrected chi connectivity index (χ3v) is 1.95. The Morgan fingerprint density at radius 1 is 1.20 bits per heavy atom. The molecule has 2 N–H and O–H groups in total. The van der Waals surface area contributed by atoms with Crippen LogP contribution >= 0.6 is 0 Å². The number of carbonyl (C=O) groups is 2. The second-order valence-corrected chi connectivity index (χ2v) is 3.43. The zero-order chi connectivity index (χ0) is 12.0. The number of rotatable bonds is 5. The number of hydrogen-bond donors (Lipinski definition) is 2. The van der Waals surface area contributed by atoms with Crippen molar-refractivity contribution >= 4 is 11.9 Å². The minimum atomic E-state index is -1.17. The number of allylic oxidation sites excluding steroid dienone is 2. The second-order valence-electron chi connectivity index (χ2n) is 3.43. The van der Waals surface area contributed by atoms with Crippen LogP contribution in [-0.2, 0) is 9.59 Å². The Morgan fingerprint density at radius 3 is 2.00 bits per heavy atom. The quantitative estimate of drug-likeness (QED) is 0.540. The smallest absolute Gasteiger partial charge is 0.332 e. The van der Waals surface area contributed by atoms with Gasteiger partial charge in [0.2, 0.25) is 0 Å². The first-order valence-corrected chi connectivity index (χ1v) is 4.72. The first-order valence-electron chi connectivity index (χ1n) is 4.72. The highest BCUT2D eigenvalue weighted by molar-refractivity contribution is 5.99. The summed E-state index contributed by atoms with van der Waals surface area (Å²) in [6.45, 7) is 5.10. The lowest BCUT2D eigenvalue weighted by Gasteiger charge is -2.10. The topological polar surface area (TPSA) is 74.6 Å². The Hall–Kier alpha value is -1.58. The van der Waals surface area contributed by atoms with Gasteiger partial charge in [0, 0.05) is 0 Å². The number of carboxylic acids is 2. The van der Waals surface area contributed by atoms with E-state index in [1.165, 1.54) is 0 Å². The molecule has 0 fully saturated rings. The maximum Gasteiger partial charge on any atom is 0.332 e. The number of aliphatic carboxylic acids is 2. The molecular formula is C11H16O4. The van der Waals surface area contributed by atoms with Crippen LogP contribution in [0.15, 0.2) is 23.3 Å². The molecule has 0 bridgehead atoms. The fourth-order valence-electron chi connectivity index (χ4n) is 1.27. The van der Waals surface area contributed by atoms with Crippen molar-refractivity contribution in [2.24, 2.45) is 5.92 Å². The molecule has 15 heavy (non-hydrogen) atoms. The van der Waals surface area contributed by atoms with Gasteiger partial charge in [-0.15, -0.1) is 0 Å². The van der Waals surface area contributed by atoms with Crippen LogP contribution in [0.4, 0.5) is 0 Å². The van der Waals surface area contributed by atoms with E-state index in [2.05, 4.69) is 0 Å². The van der Waals surface area contributed by atoms with Crippen LogP contribution in [-0.4, -0.2) is 22.2 Å². The molecule has 0 unspecified atom stereocenters. The second kappa shape index (κ2) is 6.01. The molecule has 0 aliphatic carbocycles. The molecule has 0 spiro atoms. The highest BCUT2D eigenvalue weighted by atomic mass is 16.4. The van der Waals surface area contributed by atoms with Gasteiger partial charge in [-0.25, -0.2) is 9.59 Å². The normalized spacial score (nSPS) is 13.1. The molecule has 0 aromatic rings. The predicted molar refractivity (Wildman–Crippen MR) is 56.6 cm³/mol. The molecule has 0 heterocycles. The molecule has 0 aromatic heterocycles. The van der Waals surface area contributed by atoms with Crippen LogP contribution in [0.2, 0.25) is 0 Å². The molecular weight excluding hydrogens is 196 g/mol. The molecule has 0 saturated carbocycles. The van der Waals surface area contributed by atoms with Crippen LogP contribution in [0, 0.1) is 5.92 Å². The van der Waals surface area contributed by atoms with Gasteiger partial charge in [0.05, 0.1) is 11.1 Å². The molecule has 84 valence electrons. The van der Waals surface area contributed by atoms with Crippen molar-refractivity contribution in [3.63, 3.8) is 0 Å². The molecule has 0 aliphatic heterocycles. The van der Waals surface area contributed by atoms with E-state index < -0.39 is 11.9 Å². The van der Waals surface area contributed by atoms with E-state index >= 15 is 0 Å². The maximum absolute atomic E-state index is 10.9. The van der Waals surface area contributed by atoms with Crippen LogP contribution in [0.5, 0.6) is 0 Å². The highest BCUT2D eigenvalue weighted by Crippen LogP contribution is 2.18. The van der Waals surface area contributed by atoms with Crippen molar-refractivity contribution in [3.05, 3.63) is 23.3 Å². The Bertz CT molecular complexity index is 311. The third-order valence-electron chi connectivity index (χ3n) is 1.95. The van der Waals surface area contributed by atoms with E-state index in [1.807, 2.05) is 0 Å². The van der Waals surface area contributed by atoms with Gasteiger partial charge in [0.25, 0.3) is 0 Å². The van der Waals surface area contributed by atoms with E-state index in [1.54, 1.807) is 32.9 Å². The van der Waals surface area contributed by atoms with Gasteiger partial charge in [-0.2, -0.15) is 0 Å². The standard InChI is InChI=1S/C11H16O4/c1-4-5-6-8(10(12)13)9(7(2)3)11(14)15/h4-5,7H,6H2,1-3H3,(H,12,13)(H,14,15). The van der Waals surface area contributed by atoms with Crippen molar-refractivity contribution in [1.82, 2.24) is 0 Å². The number of hydrogen-bond acceptors (Lipinski definition) is 2. The summed E-state index contributed by atoms with van der Waals surface area (Å²) in [5.41, 5.74) is -0.0730. The Kier molecular flexibility index (Phi) is 5.37. The van der Waals surface area contributed by atoms with E-state index in [-0.39, 0.29) is 23.5 Å². The van der Waals surface area contributed by atoms with Gasteiger partial charge in [-0.1, -0.05) is 26.0 Å². The molecule has 0 aliphatic rings. The van der Waals surface area contributed by atoms with Crippen LogP contribution in [0.1, 0.15) is 27.2 Å². The Morgan fingerprint density at radius 2 is 1.73 bits per heavy atom. The molecule has 4 nitrogen and oxygen atoms in total. The Balaban J connectivity index is 5.35. The van der Waals surface area contributed by atoms with Crippen molar-refractivity contribution in [3.8, 4) is 0 Å². The number of carboxylic acid groups (broad SMARTS) is 2. The average Bonchev–Trinajstić information content (AvgIpc) is 2.09. The van der Waals surface area contributed by atoms with E-state index in [9.17, 15) is 9.59 Å². The lowest BCUT2D eigenvalue weighted by atomic mass is 9.95. The van der Waals surface area contributed by atoms with Crippen LogP contribution in [0.3, 0.4) is 0 Å². The van der Waals surface area contributed by atoms with E-state index in [0.29, 0.717) is 0 Å². The molecule has 0 rings (SSSR count). The average molecular weight is 212 g/mol. The Labute approximate surface area is 88.9 Å². The van der Waals surface area contributed by atoms with E-state index in [4.69, 9.17) is 10.2 Å². The summed E-state index contributed by atoms with van der Waals surface area (Å²) in [4.78, 5) is 21.8. The maximum atomic E-state index is 10.9. The summed E-state index contributed by atoms with van der Waals surface area (Å²) >= 11 is 0. The summed E-state index contributed by atoms with van der Waals surface area (Å²) in [5, 5.41) is 17.8. The SMILES string of the molecule is CC=CCC(C(=O)O)=C(C(=O)O)C(C)C. The predicted octanol–water partition coefficient (Wildman–Crippen LogP) is 2.07. The fraction of sp³-hybridized carbons (Fsp3) is 0.455. The summed E-state index contributed by atoms with van der Waals surface area (Å²) in [6.07, 6.45) is 3.48. The first kappa shape index (κ1) is 13.4.